The number of aromatic nitrogens is 2. The van der Waals surface area contributed by atoms with Crippen molar-refractivity contribution in [1.29, 1.82) is 0 Å². The fraction of sp³-hybridized carbons (Fsp3) is 0.444. The highest BCUT2D eigenvalue weighted by molar-refractivity contribution is 5.94. The first-order chi connectivity index (χ1) is 11.3. The molecule has 0 bridgehead atoms. The van der Waals surface area contributed by atoms with Gasteiger partial charge in [0, 0.05) is 43.9 Å². The van der Waals surface area contributed by atoms with E-state index in [1.807, 2.05) is 4.90 Å². The van der Waals surface area contributed by atoms with E-state index in [0.717, 1.165) is 56.7 Å². The van der Waals surface area contributed by atoms with Gasteiger partial charge >= 0.3 is 0 Å². The lowest BCUT2D eigenvalue weighted by atomic mass is 9.89. The minimum absolute atomic E-state index is 0.0812. The summed E-state index contributed by atoms with van der Waals surface area (Å²) >= 11 is 0. The van der Waals surface area contributed by atoms with Crippen molar-refractivity contribution in [3.63, 3.8) is 0 Å². The number of hydrogen-bond acceptors (Lipinski definition) is 3. The lowest BCUT2D eigenvalue weighted by Crippen LogP contribution is -2.39. The van der Waals surface area contributed by atoms with Gasteiger partial charge in [0.15, 0.2) is 5.69 Å². The number of likely N-dealkylation sites (tertiary alicyclic amines) is 1. The minimum Gasteiger partial charge on any atom is -0.337 e. The number of aromatic amines is 1. The molecule has 0 aliphatic carbocycles. The molecule has 1 aromatic heterocycles. The molecule has 0 saturated carbocycles. The number of rotatable bonds is 2. The Morgan fingerprint density at radius 3 is 2.74 bits per heavy atom. The fourth-order valence-electron chi connectivity index (χ4n) is 3.69. The maximum atomic E-state index is 12.8. The van der Waals surface area contributed by atoms with Crippen LogP contribution in [0.1, 0.15) is 46.1 Å². The van der Waals surface area contributed by atoms with Crippen LogP contribution in [-0.2, 0) is 13.0 Å². The molecule has 0 atom stereocenters. The van der Waals surface area contributed by atoms with Crippen molar-refractivity contribution < 1.29 is 4.79 Å². The average Bonchev–Trinajstić information content (AvgIpc) is 3.06. The summed E-state index contributed by atoms with van der Waals surface area (Å²) in [5.74, 6) is 0.646. The molecule has 3 heterocycles. The lowest BCUT2D eigenvalue weighted by Gasteiger charge is -2.32. The SMILES string of the molecule is O=C(c1n[nH]c2c1CNCC2)N1CCC(c2ccccc2)CC1. The summed E-state index contributed by atoms with van der Waals surface area (Å²) in [4.78, 5) is 14.8. The molecule has 0 unspecified atom stereocenters. The number of nitrogens with one attached hydrogen (secondary N) is 2. The van der Waals surface area contributed by atoms with Crippen LogP contribution in [0.5, 0.6) is 0 Å². The summed E-state index contributed by atoms with van der Waals surface area (Å²) in [5.41, 5.74) is 4.18. The molecular formula is C18H22N4O. The van der Waals surface area contributed by atoms with E-state index in [4.69, 9.17) is 0 Å². The van der Waals surface area contributed by atoms with Crippen molar-refractivity contribution in [1.82, 2.24) is 20.4 Å². The van der Waals surface area contributed by atoms with Gasteiger partial charge in [-0.2, -0.15) is 5.10 Å². The van der Waals surface area contributed by atoms with Gasteiger partial charge in [-0.25, -0.2) is 0 Å². The predicted octanol–water partition coefficient (Wildman–Crippen LogP) is 2.08. The Kier molecular flexibility index (Phi) is 3.87. The van der Waals surface area contributed by atoms with Gasteiger partial charge in [0.2, 0.25) is 0 Å². The Morgan fingerprint density at radius 1 is 1.17 bits per heavy atom. The van der Waals surface area contributed by atoms with E-state index >= 15 is 0 Å². The first-order valence-corrected chi connectivity index (χ1v) is 8.44. The molecule has 0 radical (unpaired) electrons. The molecule has 0 spiro atoms. The lowest BCUT2D eigenvalue weighted by molar-refractivity contribution is 0.0705. The standard InChI is InChI=1S/C18H22N4O/c23-18(17-15-12-19-9-6-16(15)20-21-17)22-10-7-14(8-11-22)13-4-2-1-3-5-13/h1-5,14,19H,6-12H2,(H,20,21). The zero-order valence-electron chi connectivity index (χ0n) is 13.2. The van der Waals surface area contributed by atoms with Gasteiger partial charge in [0.1, 0.15) is 0 Å². The van der Waals surface area contributed by atoms with Gasteiger partial charge in [0.25, 0.3) is 5.91 Å². The number of carbonyl (C=O) groups is 1. The number of benzene rings is 1. The molecule has 1 fully saturated rings. The fourth-order valence-corrected chi connectivity index (χ4v) is 3.69. The number of nitrogens with zero attached hydrogens (tertiary/aromatic N) is 2. The molecule has 4 rings (SSSR count). The molecule has 1 saturated heterocycles. The highest BCUT2D eigenvalue weighted by atomic mass is 16.2. The zero-order valence-corrected chi connectivity index (χ0v) is 13.2. The van der Waals surface area contributed by atoms with Gasteiger partial charge < -0.3 is 10.2 Å². The minimum atomic E-state index is 0.0812. The summed E-state index contributed by atoms with van der Waals surface area (Å²) in [5, 5.41) is 10.7. The van der Waals surface area contributed by atoms with Crippen LogP contribution >= 0.6 is 0 Å². The van der Waals surface area contributed by atoms with Gasteiger partial charge in [-0.05, 0) is 24.3 Å². The molecular weight excluding hydrogens is 288 g/mol. The number of piperidine rings is 1. The van der Waals surface area contributed by atoms with Crippen LogP contribution in [0.25, 0.3) is 0 Å². The van der Waals surface area contributed by atoms with E-state index in [0.29, 0.717) is 11.6 Å². The Bertz CT molecular complexity index is 686. The van der Waals surface area contributed by atoms with Crippen LogP contribution in [0.4, 0.5) is 0 Å². The van der Waals surface area contributed by atoms with Crippen LogP contribution in [0, 0.1) is 0 Å². The largest absolute Gasteiger partial charge is 0.337 e. The molecule has 120 valence electrons. The third-order valence-electron chi connectivity index (χ3n) is 5.06. The zero-order chi connectivity index (χ0) is 15.6. The third kappa shape index (κ3) is 2.77. The van der Waals surface area contributed by atoms with Crippen LogP contribution in [-0.4, -0.2) is 40.6 Å². The van der Waals surface area contributed by atoms with E-state index in [1.54, 1.807) is 0 Å². The van der Waals surface area contributed by atoms with E-state index in [-0.39, 0.29) is 5.91 Å². The summed E-state index contributed by atoms with van der Waals surface area (Å²) in [6.45, 7) is 3.32. The van der Waals surface area contributed by atoms with Gasteiger partial charge in [-0.3, -0.25) is 9.89 Å². The monoisotopic (exact) mass is 310 g/mol. The quantitative estimate of drug-likeness (QED) is 0.893. The highest BCUT2D eigenvalue weighted by Crippen LogP contribution is 2.29. The summed E-state index contributed by atoms with van der Waals surface area (Å²) in [6.07, 6.45) is 2.98. The van der Waals surface area contributed by atoms with Crippen molar-refractivity contribution >= 4 is 5.91 Å². The van der Waals surface area contributed by atoms with Gasteiger partial charge in [-0.15, -0.1) is 0 Å². The predicted molar refractivity (Wildman–Crippen MR) is 88.3 cm³/mol. The second-order valence-electron chi connectivity index (χ2n) is 6.43. The molecule has 2 aliphatic heterocycles. The number of fused-ring (bicyclic) bond motifs is 1. The molecule has 5 heteroatoms. The number of carbonyl (C=O) groups excluding carboxylic acids is 1. The van der Waals surface area contributed by atoms with E-state index < -0.39 is 0 Å². The maximum absolute atomic E-state index is 12.8. The topological polar surface area (TPSA) is 61.0 Å². The Labute approximate surface area is 136 Å². The Balaban J connectivity index is 1.44. The number of H-pyrrole nitrogens is 1. The Morgan fingerprint density at radius 2 is 1.96 bits per heavy atom. The van der Waals surface area contributed by atoms with Gasteiger partial charge in [-0.1, -0.05) is 30.3 Å². The second kappa shape index (κ2) is 6.16. The van der Waals surface area contributed by atoms with Crippen molar-refractivity contribution in [2.24, 2.45) is 0 Å². The van der Waals surface area contributed by atoms with E-state index in [2.05, 4.69) is 45.8 Å². The average molecular weight is 310 g/mol. The van der Waals surface area contributed by atoms with Crippen molar-refractivity contribution in [3.05, 3.63) is 52.8 Å². The first-order valence-electron chi connectivity index (χ1n) is 8.44. The molecule has 1 amide bonds. The van der Waals surface area contributed by atoms with E-state index in [1.165, 1.54) is 5.56 Å². The van der Waals surface area contributed by atoms with Crippen molar-refractivity contribution in [2.45, 2.75) is 31.7 Å². The third-order valence-corrected chi connectivity index (χ3v) is 5.06. The maximum Gasteiger partial charge on any atom is 0.274 e. The summed E-state index contributed by atoms with van der Waals surface area (Å²) < 4.78 is 0. The normalized spacial score (nSPS) is 18.7. The molecule has 5 nitrogen and oxygen atoms in total. The molecule has 2 N–H and O–H groups in total. The Hall–Kier alpha value is -2.14. The van der Waals surface area contributed by atoms with Gasteiger partial charge in [0.05, 0.1) is 0 Å². The van der Waals surface area contributed by atoms with Crippen molar-refractivity contribution in [2.75, 3.05) is 19.6 Å². The van der Waals surface area contributed by atoms with Crippen molar-refractivity contribution in [3.8, 4) is 0 Å². The van der Waals surface area contributed by atoms with Crippen LogP contribution in [0.15, 0.2) is 30.3 Å². The number of hydrogen-bond donors (Lipinski definition) is 2. The second-order valence-corrected chi connectivity index (χ2v) is 6.43. The summed E-state index contributed by atoms with van der Waals surface area (Å²) in [6, 6.07) is 10.6. The van der Waals surface area contributed by atoms with Crippen LogP contribution in [0.2, 0.25) is 0 Å². The van der Waals surface area contributed by atoms with Crippen LogP contribution in [0.3, 0.4) is 0 Å². The number of amides is 1. The van der Waals surface area contributed by atoms with Crippen LogP contribution < -0.4 is 5.32 Å². The highest BCUT2D eigenvalue weighted by Gasteiger charge is 2.29. The smallest absolute Gasteiger partial charge is 0.274 e. The summed E-state index contributed by atoms with van der Waals surface area (Å²) in [7, 11) is 0. The molecule has 2 aliphatic rings. The van der Waals surface area contributed by atoms with E-state index in [9.17, 15) is 4.79 Å². The molecule has 1 aromatic carbocycles. The molecule has 23 heavy (non-hydrogen) atoms. The molecule has 2 aromatic rings. The first kappa shape index (κ1) is 14.5.